The number of nitrogens with zero attached hydrogens (tertiary/aromatic N) is 1. The van der Waals surface area contributed by atoms with Gasteiger partial charge in [0.25, 0.3) is 0 Å². The number of esters is 1. The summed E-state index contributed by atoms with van der Waals surface area (Å²) >= 11 is 0. The third-order valence-corrected chi connectivity index (χ3v) is 3.23. The lowest BCUT2D eigenvalue weighted by atomic mass is 10.2. The van der Waals surface area contributed by atoms with Gasteiger partial charge in [0.15, 0.2) is 0 Å². The van der Waals surface area contributed by atoms with Crippen LogP contribution in [0.1, 0.15) is 10.4 Å². The predicted octanol–water partition coefficient (Wildman–Crippen LogP) is 3.24. The van der Waals surface area contributed by atoms with E-state index in [2.05, 4.69) is 14.7 Å². The van der Waals surface area contributed by atoms with E-state index in [4.69, 9.17) is 10.5 Å². The monoisotopic (exact) mass is 309 g/mol. The molecule has 3 rings (SSSR count). The summed E-state index contributed by atoms with van der Waals surface area (Å²) in [6, 6.07) is 12.3. The van der Waals surface area contributed by atoms with Gasteiger partial charge in [0.05, 0.1) is 24.1 Å². The van der Waals surface area contributed by atoms with E-state index in [-0.39, 0.29) is 0 Å². The minimum absolute atomic E-state index is 0.401. The maximum atomic E-state index is 11.5. The van der Waals surface area contributed by atoms with Crippen LogP contribution in [-0.2, 0) is 4.74 Å². The van der Waals surface area contributed by atoms with Crippen molar-refractivity contribution in [2.45, 2.75) is 0 Å². The van der Waals surface area contributed by atoms with Gasteiger partial charge >= 0.3 is 5.97 Å². The van der Waals surface area contributed by atoms with Crippen LogP contribution in [0.4, 0.5) is 5.69 Å². The molecular weight excluding hydrogens is 294 g/mol. The minimum atomic E-state index is -0.401. The van der Waals surface area contributed by atoms with Crippen LogP contribution >= 0.6 is 0 Å². The number of aromatic amines is 1. The lowest BCUT2D eigenvalue weighted by Gasteiger charge is -2.07. The number of hydrogen-bond donors (Lipinski definition) is 2. The Morgan fingerprint density at radius 3 is 2.65 bits per heavy atom. The lowest BCUT2D eigenvalue weighted by Crippen LogP contribution is -1.98. The standard InChI is InChI=1S/C17H15N3O3/c1-22-17(21)11-8-15(20-10-11)16-9-14(6-7-19-16)23-13-4-2-12(18)3-5-13/h2-10,20H,18H2,1H3. The molecule has 0 fully saturated rings. The Kier molecular flexibility index (Phi) is 3.97. The molecule has 0 aliphatic rings. The fourth-order valence-electron chi connectivity index (χ4n) is 2.07. The minimum Gasteiger partial charge on any atom is -0.465 e. The molecule has 0 radical (unpaired) electrons. The number of hydrogen-bond acceptors (Lipinski definition) is 5. The van der Waals surface area contributed by atoms with Crippen LogP contribution in [0.3, 0.4) is 0 Å². The number of aromatic nitrogens is 2. The molecule has 0 unspecified atom stereocenters. The first kappa shape index (κ1) is 14.6. The Bertz CT molecular complexity index is 825. The fourth-order valence-corrected chi connectivity index (χ4v) is 2.07. The largest absolute Gasteiger partial charge is 0.465 e. The molecule has 0 aliphatic carbocycles. The molecule has 6 nitrogen and oxygen atoms in total. The van der Waals surface area contributed by atoms with Crippen molar-refractivity contribution in [3.63, 3.8) is 0 Å². The molecule has 2 heterocycles. The van der Waals surface area contributed by atoms with Gasteiger partial charge in [-0.25, -0.2) is 4.79 Å². The number of pyridine rings is 1. The van der Waals surface area contributed by atoms with Crippen LogP contribution in [0.2, 0.25) is 0 Å². The van der Waals surface area contributed by atoms with E-state index >= 15 is 0 Å². The topological polar surface area (TPSA) is 90.2 Å². The number of anilines is 1. The third kappa shape index (κ3) is 3.32. The van der Waals surface area contributed by atoms with Crippen LogP contribution in [0.15, 0.2) is 54.9 Å². The number of nitrogens with two attached hydrogens (primary N) is 1. The van der Waals surface area contributed by atoms with Gasteiger partial charge in [-0.2, -0.15) is 0 Å². The van der Waals surface area contributed by atoms with E-state index in [9.17, 15) is 4.79 Å². The van der Waals surface area contributed by atoms with Gasteiger partial charge in [0.1, 0.15) is 11.5 Å². The van der Waals surface area contributed by atoms with Crippen molar-refractivity contribution in [3.8, 4) is 22.9 Å². The van der Waals surface area contributed by atoms with Crippen LogP contribution in [0.5, 0.6) is 11.5 Å². The fraction of sp³-hybridized carbons (Fsp3) is 0.0588. The molecule has 0 saturated heterocycles. The molecule has 0 amide bonds. The van der Waals surface area contributed by atoms with Gasteiger partial charge in [0.2, 0.25) is 0 Å². The average Bonchev–Trinajstić information content (AvgIpc) is 3.07. The Morgan fingerprint density at radius 1 is 1.13 bits per heavy atom. The van der Waals surface area contributed by atoms with E-state index < -0.39 is 5.97 Å². The van der Waals surface area contributed by atoms with Gasteiger partial charge in [-0.3, -0.25) is 4.98 Å². The smallest absolute Gasteiger partial charge is 0.339 e. The molecule has 23 heavy (non-hydrogen) atoms. The van der Waals surface area contributed by atoms with E-state index in [1.165, 1.54) is 7.11 Å². The van der Waals surface area contributed by atoms with E-state index in [1.54, 1.807) is 54.9 Å². The molecule has 3 aromatic rings. The molecule has 0 aliphatic heterocycles. The van der Waals surface area contributed by atoms with Crippen molar-refractivity contribution in [2.24, 2.45) is 0 Å². The highest BCUT2D eigenvalue weighted by atomic mass is 16.5. The highest BCUT2D eigenvalue weighted by molar-refractivity contribution is 5.90. The Balaban J connectivity index is 1.83. The highest BCUT2D eigenvalue weighted by Gasteiger charge is 2.10. The van der Waals surface area contributed by atoms with Crippen LogP contribution in [0, 0.1) is 0 Å². The summed E-state index contributed by atoms with van der Waals surface area (Å²) in [5.41, 5.74) is 8.13. The molecule has 1 aromatic carbocycles. The molecule has 0 atom stereocenters. The second kappa shape index (κ2) is 6.23. The number of carbonyl (C=O) groups excluding carboxylic acids is 1. The van der Waals surface area contributed by atoms with Crippen molar-refractivity contribution in [1.29, 1.82) is 0 Å². The second-order valence-electron chi connectivity index (χ2n) is 4.84. The van der Waals surface area contributed by atoms with Gasteiger partial charge in [0, 0.05) is 24.1 Å². The molecule has 0 bridgehead atoms. The first-order valence-electron chi connectivity index (χ1n) is 6.92. The summed E-state index contributed by atoms with van der Waals surface area (Å²) in [6.07, 6.45) is 3.22. The Labute approximate surface area is 132 Å². The van der Waals surface area contributed by atoms with Gasteiger partial charge in [-0.1, -0.05) is 0 Å². The van der Waals surface area contributed by atoms with Crippen molar-refractivity contribution in [1.82, 2.24) is 9.97 Å². The molecule has 2 aromatic heterocycles. The SMILES string of the molecule is COC(=O)c1c[nH]c(-c2cc(Oc3ccc(N)cc3)ccn2)c1. The van der Waals surface area contributed by atoms with Crippen LogP contribution in [0.25, 0.3) is 11.4 Å². The number of methoxy groups -OCH3 is 1. The molecule has 0 spiro atoms. The average molecular weight is 309 g/mol. The first-order chi connectivity index (χ1) is 11.2. The maximum absolute atomic E-state index is 11.5. The number of carbonyl (C=O) groups is 1. The predicted molar refractivity (Wildman–Crippen MR) is 86.3 cm³/mol. The molecule has 116 valence electrons. The summed E-state index contributed by atoms with van der Waals surface area (Å²) in [4.78, 5) is 18.8. The molecule has 0 saturated carbocycles. The second-order valence-corrected chi connectivity index (χ2v) is 4.84. The van der Waals surface area contributed by atoms with Crippen LogP contribution < -0.4 is 10.5 Å². The quantitative estimate of drug-likeness (QED) is 0.570. The summed E-state index contributed by atoms with van der Waals surface area (Å²) in [5.74, 6) is 0.911. The highest BCUT2D eigenvalue weighted by Crippen LogP contribution is 2.26. The summed E-state index contributed by atoms with van der Waals surface area (Å²) in [6.45, 7) is 0. The number of ether oxygens (including phenoxy) is 2. The van der Waals surface area contributed by atoms with E-state index in [0.29, 0.717) is 34.1 Å². The molecule has 6 heteroatoms. The van der Waals surface area contributed by atoms with Crippen molar-refractivity contribution >= 4 is 11.7 Å². The van der Waals surface area contributed by atoms with Gasteiger partial charge in [-0.15, -0.1) is 0 Å². The number of benzene rings is 1. The van der Waals surface area contributed by atoms with Gasteiger partial charge in [-0.05, 0) is 36.4 Å². The number of H-pyrrole nitrogens is 1. The summed E-state index contributed by atoms with van der Waals surface area (Å²) < 4.78 is 10.5. The van der Waals surface area contributed by atoms with Crippen molar-refractivity contribution in [3.05, 3.63) is 60.4 Å². The lowest BCUT2D eigenvalue weighted by molar-refractivity contribution is 0.0601. The Morgan fingerprint density at radius 2 is 1.91 bits per heavy atom. The van der Waals surface area contributed by atoms with Crippen LogP contribution in [-0.4, -0.2) is 23.0 Å². The third-order valence-electron chi connectivity index (χ3n) is 3.23. The molecule has 3 N–H and O–H groups in total. The number of nitrogens with one attached hydrogen (secondary N) is 1. The zero-order valence-corrected chi connectivity index (χ0v) is 12.4. The number of rotatable bonds is 4. The Hall–Kier alpha value is -3.28. The van der Waals surface area contributed by atoms with Crippen molar-refractivity contribution in [2.75, 3.05) is 12.8 Å². The van der Waals surface area contributed by atoms with E-state index in [0.717, 1.165) is 0 Å². The van der Waals surface area contributed by atoms with Gasteiger partial charge < -0.3 is 20.2 Å². The molecular formula is C17H15N3O3. The van der Waals surface area contributed by atoms with Crippen molar-refractivity contribution < 1.29 is 14.3 Å². The summed E-state index contributed by atoms with van der Waals surface area (Å²) in [5, 5.41) is 0. The summed E-state index contributed by atoms with van der Waals surface area (Å²) in [7, 11) is 1.34. The first-order valence-corrected chi connectivity index (χ1v) is 6.92. The zero-order valence-electron chi connectivity index (χ0n) is 12.4. The normalized spacial score (nSPS) is 10.3. The maximum Gasteiger partial charge on any atom is 0.339 e. The number of nitrogen functional groups attached to an aromatic ring is 1. The van der Waals surface area contributed by atoms with E-state index in [1.807, 2.05) is 0 Å². The zero-order chi connectivity index (χ0) is 16.2.